The van der Waals surface area contributed by atoms with Crippen LogP contribution in [-0.4, -0.2) is 57.3 Å². The lowest BCUT2D eigenvalue weighted by Crippen LogP contribution is -2.30. The van der Waals surface area contributed by atoms with Gasteiger partial charge in [-0.15, -0.1) is 11.6 Å². The summed E-state index contributed by atoms with van der Waals surface area (Å²) < 4.78 is 10.3. The van der Waals surface area contributed by atoms with E-state index in [0.717, 1.165) is 32.7 Å². The lowest BCUT2D eigenvalue weighted by molar-refractivity contribution is 0.0580. The van der Waals surface area contributed by atoms with Crippen molar-refractivity contribution in [2.24, 2.45) is 0 Å². The van der Waals surface area contributed by atoms with Gasteiger partial charge in [0.1, 0.15) is 0 Å². The molecule has 0 heterocycles. The van der Waals surface area contributed by atoms with Crippen molar-refractivity contribution in [3.8, 4) is 0 Å². The molecule has 0 aliphatic carbocycles. The molecule has 0 saturated heterocycles. The van der Waals surface area contributed by atoms with E-state index >= 15 is 0 Å². The largest absolute Gasteiger partial charge is 0.382 e. The molecule has 0 amide bonds. The third kappa shape index (κ3) is 8.75. The molecule has 0 aliphatic rings. The maximum atomic E-state index is 5.69. The number of halogens is 1. The first-order chi connectivity index (χ1) is 6.85. The van der Waals surface area contributed by atoms with Crippen molar-refractivity contribution in [2.75, 3.05) is 52.4 Å². The minimum atomic E-state index is 0.670. The third-order valence-electron chi connectivity index (χ3n) is 1.92. The first-order valence-electron chi connectivity index (χ1n) is 5.20. The average molecular weight is 224 g/mol. The predicted octanol–water partition coefficient (Wildman–Crippen LogP) is 1.60. The number of hydrogen-bond donors (Lipinski definition) is 0. The number of methoxy groups -OCH3 is 1. The van der Waals surface area contributed by atoms with Crippen molar-refractivity contribution >= 4 is 11.6 Å². The van der Waals surface area contributed by atoms with Crippen LogP contribution in [-0.2, 0) is 9.47 Å². The number of ether oxygens (including phenoxy) is 2. The van der Waals surface area contributed by atoms with E-state index in [2.05, 4.69) is 11.8 Å². The Morgan fingerprint density at radius 2 is 1.86 bits per heavy atom. The molecular weight excluding hydrogens is 202 g/mol. The molecule has 0 aromatic carbocycles. The lowest BCUT2D eigenvalue weighted by Gasteiger charge is -2.20. The molecule has 4 heteroatoms. The van der Waals surface area contributed by atoms with Gasteiger partial charge in [0.05, 0.1) is 19.8 Å². The molecule has 0 bridgehead atoms. The van der Waals surface area contributed by atoms with Gasteiger partial charge in [-0.2, -0.15) is 0 Å². The SMILES string of the molecule is CCCN(CCCl)CCOCCOC. The molecule has 0 unspecified atom stereocenters. The second-order valence-electron chi connectivity index (χ2n) is 3.14. The first kappa shape index (κ1) is 14.2. The van der Waals surface area contributed by atoms with Gasteiger partial charge in [0.2, 0.25) is 0 Å². The molecule has 0 fully saturated rings. The lowest BCUT2D eigenvalue weighted by atomic mass is 10.4. The first-order valence-corrected chi connectivity index (χ1v) is 5.73. The van der Waals surface area contributed by atoms with E-state index in [4.69, 9.17) is 21.1 Å². The van der Waals surface area contributed by atoms with Crippen LogP contribution < -0.4 is 0 Å². The molecule has 3 nitrogen and oxygen atoms in total. The Kier molecular flexibility index (Phi) is 11.4. The van der Waals surface area contributed by atoms with Crippen molar-refractivity contribution < 1.29 is 9.47 Å². The second kappa shape index (κ2) is 11.2. The number of nitrogens with zero attached hydrogens (tertiary/aromatic N) is 1. The van der Waals surface area contributed by atoms with Gasteiger partial charge in [-0.3, -0.25) is 4.90 Å². The van der Waals surface area contributed by atoms with E-state index in [0.29, 0.717) is 19.1 Å². The van der Waals surface area contributed by atoms with E-state index in [9.17, 15) is 0 Å². The molecule has 0 aliphatic heterocycles. The van der Waals surface area contributed by atoms with Gasteiger partial charge in [0.25, 0.3) is 0 Å². The van der Waals surface area contributed by atoms with Crippen LogP contribution in [0.2, 0.25) is 0 Å². The second-order valence-corrected chi connectivity index (χ2v) is 3.51. The van der Waals surface area contributed by atoms with Crippen LogP contribution in [0.1, 0.15) is 13.3 Å². The summed E-state index contributed by atoms with van der Waals surface area (Å²) in [6, 6.07) is 0. The molecule has 86 valence electrons. The summed E-state index contributed by atoms with van der Waals surface area (Å²) in [5, 5.41) is 0. The molecular formula is C10H22ClNO2. The Morgan fingerprint density at radius 3 is 2.43 bits per heavy atom. The monoisotopic (exact) mass is 223 g/mol. The van der Waals surface area contributed by atoms with Gasteiger partial charge < -0.3 is 9.47 Å². The maximum Gasteiger partial charge on any atom is 0.0700 e. The van der Waals surface area contributed by atoms with Crippen LogP contribution >= 0.6 is 11.6 Å². The molecule has 0 N–H and O–H groups in total. The fraction of sp³-hybridized carbons (Fsp3) is 1.00. The van der Waals surface area contributed by atoms with E-state index in [1.807, 2.05) is 0 Å². The highest BCUT2D eigenvalue weighted by atomic mass is 35.5. The average Bonchev–Trinajstić information content (AvgIpc) is 2.18. The summed E-state index contributed by atoms with van der Waals surface area (Å²) in [5.74, 6) is 0.693. The Bertz CT molecular complexity index is 108. The van der Waals surface area contributed by atoms with Crippen molar-refractivity contribution in [2.45, 2.75) is 13.3 Å². The molecule has 0 aromatic heterocycles. The van der Waals surface area contributed by atoms with E-state index in [1.165, 1.54) is 0 Å². The maximum absolute atomic E-state index is 5.69. The minimum absolute atomic E-state index is 0.670. The molecule has 0 saturated carbocycles. The third-order valence-corrected chi connectivity index (χ3v) is 2.09. The van der Waals surface area contributed by atoms with Gasteiger partial charge in [-0.05, 0) is 13.0 Å². The molecule has 0 spiro atoms. The highest BCUT2D eigenvalue weighted by molar-refractivity contribution is 6.18. The quantitative estimate of drug-likeness (QED) is 0.415. The van der Waals surface area contributed by atoms with Crippen molar-refractivity contribution in [3.63, 3.8) is 0 Å². The Hall–Kier alpha value is 0.170. The molecule has 0 atom stereocenters. The van der Waals surface area contributed by atoms with E-state index in [1.54, 1.807) is 7.11 Å². The van der Waals surface area contributed by atoms with Crippen LogP contribution in [0, 0.1) is 0 Å². The van der Waals surface area contributed by atoms with Gasteiger partial charge in [0, 0.05) is 26.1 Å². The summed E-state index contributed by atoms with van der Waals surface area (Å²) in [5.41, 5.74) is 0. The Morgan fingerprint density at radius 1 is 1.07 bits per heavy atom. The normalized spacial score (nSPS) is 11.1. The van der Waals surface area contributed by atoms with Crippen molar-refractivity contribution in [1.29, 1.82) is 0 Å². The number of hydrogen-bond acceptors (Lipinski definition) is 3. The summed E-state index contributed by atoms with van der Waals surface area (Å²) in [6.45, 7) is 7.29. The van der Waals surface area contributed by atoms with Gasteiger partial charge in [0.15, 0.2) is 0 Å². The smallest absolute Gasteiger partial charge is 0.0700 e. The van der Waals surface area contributed by atoms with Crippen LogP contribution in [0.4, 0.5) is 0 Å². The summed E-state index contributed by atoms with van der Waals surface area (Å²) in [6.07, 6.45) is 1.16. The van der Waals surface area contributed by atoms with Crippen LogP contribution in [0.15, 0.2) is 0 Å². The van der Waals surface area contributed by atoms with E-state index < -0.39 is 0 Å². The van der Waals surface area contributed by atoms with Gasteiger partial charge in [-0.25, -0.2) is 0 Å². The topological polar surface area (TPSA) is 21.7 Å². The fourth-order valence-corrected chi connectivity index (χ4v) is 1.45. The molecule has 0 rings (SSSR count). The summed E-state index contributed by atoms with van der Waals surface area (Å²) in [7, 11) is 1.68. The minimum Gasteiger partial charge on any atom is -0.382 e. The van der Waals surface area contributed by atoms with Gasteiger partial charge >= 0.3 is 0 Å². The standard InChI is InChI=1S/C10H22ClNO2/c1-3-5-12(6-4-11)7-8-14-10-9-13-2/h3-10H2,1-2H3. The number of rotatable bonds is 10. The van der Waals surface area contributed by atoms with Crippen LogP contribution in [0.25, 0.3) is 0 Å². The van der Waals surface area contributed by atoms with Crippen molar-refractivity contribution in [3.05, 3.63) is 0 Å². The molecule has 0 radical (unpaired) electrons. The Balaban J connectivity index is 3.30. The highest BCUT2D eigenvalue weighted by Gasteiger charge is 2.01. The predicted molar refractivity (Wildman–Crippen MR) is 60.1 cm³/mol. The van der Waals surface area contributed by atoms with Crippen molar-refractivity contribution in [1.82, 2.24) is 4.90 Å². The molecule has 14 heavy (non-hydrogen) atoms. The highest BCUT2D eigenvalue weighted by Crippen LogP contribution is 1.93. The fourth-order valence-electron chi connectivity index (χ4n) is 1.21. The zero-order chi connectivity index (χ0) is 10.6. The summed E-state index contributed by atoms with van der Waals surface area (Å²) in [4.78, 5) is 2.32. The number of alkyl halides is 1. The zero-order valence-corrected chi connectivity index (χ0v) is 10.1. The Labute approximate surface area is 92.3 Å². The van der Waals surface area contributed by atoms with Gasteiger partial charge in [-0.1, -0.05) is 6.92 Å². The van der Waals surface area contributed by atoms with E-state index in [-0.39, 0.29) is 0 Å². The van der Waals surface area contributed by atoms with Crippen LogP contribution in [0.5, 0.6) is 0 Å². The van der Waals surface area contributed by atoms with Crippen LogP contribution in [0.3, 0.4) is 0 Å². The molecule has 0 aromatic rings. The summed E-state index contributed by atoms with van der Waals surface area (Å²) >= 11 is 5.69. The zero-order valence-electron chi connectivity index (χ0n) is 9.30.